The SMILES string of the molecule is c1cc(-c2cccc(-c3ccc4ccc5cccc6ccc3c4c56)c2)cc(-c2cccc3c2-c2cccc4cccc-3c24)c1. The molecule has 0 heterocycles. The molecule has 0 bridgehead atoms. The Labute approximate surface area is 255 Å². The van der Waals surface area contributed by atoms with E-state index in [2.05, 4.69) is 158 Å². The topological polar surface area (TPSA) is 0 Å². The van der Waals surface area contributed by atoms with Gasteiger partial charge in [0.25, 0.3) is 0 Å². The molecular formula is C44H26. The lowest BCUT2D eigenvalue weighted by Gasteiger charge is -2.15. The van der Waals surface area contributed by atoms with Crippen LogP contribution in [0.5, 0.6) is 0 Å². The monoisotopic (exact) mass is 554 g/mol. The highest BCUT2D eigenvalue weighted by atomic mass is 14.3. The van der Waals surface area contributed by atoms with Crippen LogP contribution in [-0.4, -0.2) is 0 Å². The smallest absolute Gasteiger partial charge is 0.00201 e. The fourth-order valence-electron chi connectivity index (χ4n) is 7.80. The lowest BCUT2D eigenvalue weighted by molar-refractivity contribution is 1.58. The van der Waals surface area contributed by atoms with Crippen LogP contribution in [0.3, 0.4) is 0 Å². The summed E-state index contributed by atoms with van der Waals surface area (Å²) in [7, 11) is 0. The van der Waals surface area contributed by atoms with Gasteiger partial charge in [-0.1, -0.05) is 146 Å². The first-order valence-corrected chi connectivity index (χ1v) is 15.4. The Balaban J connectivity index is 1.12. The van der Waals surface area contributed by atoms with Crippen molar-refractivity contribution in [3.8, 4) is 55.6 Å². The minimum Gasteiger partial charge on any atom is -0.0610 e. The van der Waals surface area contributed by atoms with E-state index in [4.69, 9.17) is 0 Å². The number of benzene rings is 9. The van der Waals surface area contributed by atoms with Crippen LogP contribution in [0.1, 0.15) is 0 Å². The standard InChI is InChI=1S/C44H26/c1-7-28-19-20-30-21-23-35(39-24-22-29(8-1)41(28)43(30)39)33-13-2-11-31(25-33)32-12-3-14-34(26-32)36-15-6-17-38-37-16-4-9-27-10-5-18-40(42(27)37)44(36)38/h1-26H. The first-order valence-electron chi connectivity index (χ1n) is 15.4. The van der Waals surface area contributed by atoms with Gasteiger partial charge in [0.2, 0.25) is 0 Å². The first-order chi connectivity index (χ1) is 21.8. The second-order valence-electron chi connectivity index (χ2n) is 12.1. The van der Waals surface area contributed by atoms with Crippen LogP contribution in [0.15, 0.2) is 158 Å². The van der Waals surface area contributed by atoms with Gasteiger partial charge in [-0.3, -0.25) is 0 Å². The molecule has 1 aliphatic carbocycles. The van der Waals surface area contributed by atoms with Crippen LogP contribution in [0.25, 0.3) is 98.7 Å². The average molecular weight is 555 g/mol. The minimum atomic E-state index is 1.23. The van der Waals surface area contributed by atoms with Gasteiger partial charge < -0.3 is 0 Å². The molecule has 9 aromatic carbocycles. The van der Waals surface area contributed by atoms with Crippen LogP contribution in [0, 0.1) is 0 Å². The van der Waals surface area contributed by atoms with E-state index in [0.29, 0.717) is 0 Å². The zero-order valence-electron chi connectivity index (χ0n) is 24.0. The van der Waals surface area contributed by atoms with Crippen molar-refractivity contribution in [2.24, 2.45) is 0 Å². The Morgan fingerprint density at radius 3 is 1.48 bits per heavy atom. The lowest BCUT2D eigenvalue weighted by Crippen LogP contribution is -1.88. The third kappa shape index (κ3) is 3.28. The second-order valence-corrected chi connectivity index (χ2v) is 12.1. The zero-order valence-corrected chi connectivity index (χ0v) is 24.0. The average Bonchev–Trinajstić information content (AvgIpc) is 3.43. The van der Waals surface area contributed by atoms with Crippen LogP contribution >= 0.6 is 0 Å². The predicted octanol–water partition coefficient (Wildman–Crippen LogP) is 12.4. The summed E-state index contributed by atoms with van der Waals surface area (Å²) in [5.74, 6) is 0. The van der Waals surface area contributed by atoms with E-state index >= 15 is 0 Å². The maximum absolute atomic E-state index is 2.36. The molecule has 0 saturated heterocycles. The van der Waals surface area contributed by atoms with Crippen LogP contribution < -0.4 is 0 Å². The number of hydrogen-bond acceptors (Lipinski definition) is 0. The van der Waals surface area contributed by atoms with Crippen molar-refractivity contribution in [2.45, 2.75) is 0 Å². The Hall–Kier alpha value is -5.72. The molecule has 1 aliphatic rings. The molecule has 9 aromatic rings. The van der Waals surface area contributed by atoms with Crippen molar-refractivity contribution < 1.29 is 0 Å². The summed E-state index contributed by atoms with van der Waals surface area (Å²) in [6.07, 6.45) is 0. The fraction of sp³-hybridized carbons (Fsp3) is 0. The molecule has 0 spiro atoms. The van der Waals surface area contributed by atoms with E-state index in [1.54, 1.807) is 0 Å². The highest BCUT2D eigenvalue weighted by Crippen LogP contribution is 2.51. The van der Waals surface area contributed by atoms with Crippen molar-refractivity contribution in [1.29, 1.82) is 0 Å². The van der Waals surface area contributed by atoms with Gasteiger partial charge in [0.05, 0.1) is 0 Å². The molecule has 0 fully saturated rings. The Bertz CT molecular complexity index is 2580. The number of hydrogen-bond donors (Lipinski definition) is 0. The first kappa shape index (κ1) is 23.8. The van der Waals surface area contributed by atoms with E-state index in [-0.39, 0.29) is 0 Å². The quantitative estimate of drug-likeness (QED) is 0.191. The van der Waals surface area contributed by atoms with Crippen LogP contribution in [0.2, 0.25) is 0 Å². The molecule has 0 aromatic heterocycles. The maximum Gasteiger partial charge on any atom is -0.00201 e. The molecule has 44 heavy (non-hydrogen) atoms. The van der Waals surface area contributed by atoms with E-state index in [1.165, 1.54) is 98.7 Å². The summed E-state index contributed by atoms with van der Waals surface area (Å²) in [6, 6.07) is 58.5. The number of fused-ring (bicyclic) bond motifs is 3. The Morgan fingerprint density at radius 1 is 0.250 bits per heavy atom. The minimum absolute atomic E-state index is 1.23. The molecule has 0 N–H and O–H groups in total. The molecule has 0 saturated carbocycles. The third-order valence-electron chi connectivity index (χ3n) is 9.74. The summed E-state index contributed by atoms with van der Waals surface area (Å²) in [6.45, 7) is 0. The van der Waals surface area contributed by atoms with Crippen LogP contribution in [0.4, 0.5) is 0 Å². The second kappa shape index (κ2) is 8.89. The summed E-state index contributed by atoms with van der Waals surface area (Å²) >= 11 is 0. The van der Waals surface area contributed by atoms with Gasteiger partial charge in [0.15, 0.2) is 0 Å². The van der Waals surface area contributed by atoms with Crippen molar-refractivity contribution in [3.05, 3.63) is 158 Å². The molecule has 0 atom stereocenters. The summed E-state index contributed by atoms with van der Waals surface area (Å²) < 4.78 is 0. The molecule has 0 nitrogen and oxygen atoms in total. The lowest BCUT2D eigenvalue weighted by atomic mass is 9.88. The molecule has 0 unspecified atom stereocenters. The van der Waals surface area contributed by atoms with Crippen molar-refractivity contribution in [3.63, 3.8) is 0 Å². The highest BCUT2D eigenvalue weighted by Gasteiger charge is 2.24. The van der Waals surface area contributed by atoms with Crippen molar-refractivity contribution >= 4 is 43.1 Å². The Morgan fingerprint density at radius 2 is 0.727 bits per heavy atom. The van der Waals surface area contributed by atoms with Gasteiger partial charge in [-0.25, -0.2) is 0 Å². The van der Waals surface area contributed by atoms with Crippen molar-refractivity contribution in [1.82, 2.24) is 0 Å². The molecule has 202 valence electrons. The van der Waals surface area contributed by atoms with Gasteiger partial charge >= 0.3 is 0 Å². The molecule has 10 rings (SSSR count). The molecule has 0 radical (unpaired) electrons. The largest absolute Gasteiger partial charge is 0.0610 e. The molecule has 0 amide bonds. The van der Waals surface area contributed by atoms with E-state index in [0.717, 1.165) is 0 Å². The summed E-state index contributed by atoms with van der Waals surface area (Å²) in [5.41, 5.74) is 12.9. The summed E-state index contributed by atoms with van der Waals surface area (Å²) in [5, 5.41) is 10.6. The molecule has 0 heteroatoms. The van der Waals surface area contributed by atoms with Crippen LogP contribution in [-0.2, 0) is 0 Å². The van der Waals surface area contributed by atoms with Crippen molar-refractivity contribution in [2.75, 3.05) is 0 Å². The van der Waals surface area contributed by atoms with Gasteiger partial charge in [0.1, 0.15) is 0 Å². The predicted molar refractivity (Wildman–Crippen MR) is 188 cm³/mol. The van der Waals surface area contributed by atoms with E-state index < -0.39 is 0 Å². The van der Waals surface area contributed by atoms with Gasteiger partial charge in [-0.05, 0) is 111 Å². The molecule has 0 aliphatic heterocycles. The van der Waals surface area contributed by atoms with Gasteiger partial charge in [-0.15, -0.1) is 0 Å². The summed E-state index contributed by atoms with van der Waals surface area (Å²) in [4.78, 5) is 0. The maximum atomic E-state index is 2.36. The highest BCUT2D eigenvalue weighted by molar-refractivity contribution is 6.25. The van der Waals surface area contributed by atoms with E-state index in [1.807, 2.05) is 0 Å². The van der Waals surface area contributed by atoms with Gasteiger partial charge in [-0.2, -0.15) is 0 Å². The third-order valence-corrected chi connectivity index (χ3v) is 9.74. The van der Waals surface area contributed by atoms with E-state index in [9.17, 15) is 0 Å². The molecular weight excluding hydrogens is 528 g/mol. The fourth-order valence-corrected chi connectivity index (χ4v) is 7.80. The zero-order chi connectivity index (χ0) is 28.8. The van der Waals surface area contributed by atoms with Gasteiger partial charge in [0, 0.05) is 0 Å². The Kier molecular flexibility index (Phi) is 4.81. The normalized spacial score (nSPS) is 12.1. The number of rotatable bonds is 3.